The maximum absolute atomic E-state index is 13.6. The Labute approximate surface area is 180 Å². The molecule has 0 unspecified atom stereocenters. The number of cyclic esters (lactones) is 1. The number of fused-ring (bicyclic) bond motifs is 3. The molecular weight excluding hydrogens is 448 g/mol. The molecule has 0 fully saturated rings. The molecule has 3 heterocycles. The molecule has 148 valence electrons. The number of para-hydroxylation sites is 1. The summed E-state index contributed by atoms with van der Waals surface area (Å²) in [6.45, 7) is -0.0372. The zero-order valence-electron chi connectivity index (χ0n) is 15.8. The summed E-state index contributed by atoms with van der Waals surface area (Å²) >= 11 is 3.40. The molecule has 0 aromatic heterocycles. The molecule has 2 aromatic carbocycles. The summed E-state index contributed by atoms with van der Waals surface area (Å²) in [6.07, 6.45) is 0. The summed E-state index contributed by atoms with van der Waals surface area (Å²) in [7, 11) is 1.63. The molecule has 8 heteroatoms. The van der Waals surface area contributed by atoms with Crippen LogP contribution >= 0.6 is 15.9 Å². The van der Waals surface area contributed by atoms with Crippen molar-refractivity contribution in [3.63, 3.8) is 0 Å². The molecule has 3 aliphatic rings. The number of anilines is 2. The van der Waals surface area contributed by atoms with E-state index in [1.54, 1.807) is 36.2 Å². The third-order valence-electron chi connectivity index (χ3n) is 5.84. The first-order chi connectivity index (χ1) is 14.4. The number of rotatable bonds is 1. The lowest BCUT2D eigenvalue weighted by Crippen LogP contribution is -2.50. The van der Waals surface area contributed by atoms with Gasteiger partial charge < -0.3 is 15.4 Å². The average molecular weight is 463 g/mol. The highest BCUT2D eigenvalue weighted by Crippen LogP contribution is 2.55. The minimum absolute atomic E-state index is 0.0184. The van der Waals surface area contributed by atoms with Gasteiger partial charge in [-0.15, -0.1) is 0 Å². The quantitative estimate of drug-likeness (QED) is 0.653. The zero-order valence-corrected chi connectivity index (χ0v) is 17.4. The van der Waals surface area contributed by atoms with E-state index in [0.29, 0.717) is 22.6 Å². The first-order valence-corrected chi connectivity index (χ1v) is 9.96. The van der Waals surface area contributed by atoms with Gasteiger partial charge in [-0.3, -0.25) is 9.69 Å². The van der Waals surface area contributed by atoms with Crippen LogP contribution in [0.25, 0.3) is 0 Å². The van der Waals surface area contributed by atoms with Crippen LogP contribution in [-0.4, -0.2) is 25.5 Å². The smallest absolute Gasteiger partial charge is 0.338 e. The van der Waals surface area contributed by atoms with Crippen LogP contribution in [0.4, 0.5) is 11.4 Å². The Morgan fingerprint density at radius 2 is 1.87 bits per heavy atom. The number of hydrogen-bond donors (Lipinski definition) is 1. The molecule has 0 saturated heterocycles. The Morgan fingerprint density at radius 1 is 1.17 bits per heavy atom. The highest BCUT2D eigenvalue weighted by atomic mass is 79.9. The number of nitrogens with zero attached hydrogens (tertiary/aromatic N) is 3. The summed E-state index contributed by atoms with van der Waals surface area (Å²) in [4.78, 5) is 29.7. The summed E-state index contributed by atoms with van der Waals surface area (Å²) < 4.78 is 6.25. The van der Waals surface area contributed by atoms with Gasteiger partial charge in [0.2, 0.25) is 5.91 Å². The van der Waals surface area contributed by atoms with Crippen molar-refractivity contribution >= 4 is 39.2 Å². The van der Waals surface area contributed by atoms with Crippen molar-refractivity contribution in [2.45, 2.75) is 5.41 Å². The van der Waals surface area contributed by atoms with Gasteiger partial charge in [-0.05, 0) is 30.3 Å². The standard InChI is InChI=1S/C22H15BrN4O3/c1-26-16-5-3-2-4-14(16)22(21(26)29)15(10-24)19(25)27(13-8-6-12(23)7-9-13)17-11-30-20(28)18(17)22/h2-9H,11,25H2,1H3/t22-/m1/s1. The van der Waals surface area contributed by atoms with Crippen LogP contribution in [0.15, 0.2) is 75.7 Å². The Kier molecular flexibility index (Phi) is 3.82. The van der Waals surface area contributed by atoms with Gasteiger partial charge in [0, 0.05) is 28.5 Å². The average Bonchev–Trinajstić information content (AvgIpc) is 3.23. The van der Waals surface area contributed by atoms with E-state index >= 15 is 0 Å². The van der Waals surface area contributed by atoms with E-state index in [9.17, 15) is 14.9 Å². The van der Waals surface area contributed by atoms with Gasteiger partial charge >= 0.3 is 5.97 Å². The number of carbonyl (C=O) groups excluding carboxylic acids is 2. The SMILES string of the molecule is CN1C(=O)[C@@]2(C(C#N)=C(N)N(c3ccc(Br)cc3)C3=C2C(=O)OC3)c2ccccc21. The van der Waals surface area contributed by atoms with Crippen LogP contribution in [0, 0.1) is 11.3 Å². The maximum Gasteiger partial charge on any atom is 0.338 e. The van der Waals surface area contributed by atoms with Crippen LogP contribution in [0.2, 0.25) is 0 Å². The second-order valence-corrected chi connectivity index (χ2v) is 8.13. The number of carbonyl (C=O) groups is 2. The Morgan fingerprint density at radius 3 is 2.57 bits per heavy atom. The maximum atomic E-state index is 13.6. The fourth-order valence-corrected chi connectivity index (χ4v) is 4.85. The largest absolute Gasteiger partial charge is 0.456 e. The van der Waals surface area contributed by atoms with E-state index in [0.717, 1.165) is 4.47 Å². The minimum Gasteiger partial charge on any atom is -0.456 e. The zero-order chi connectivity index (χ0) is 21.2. The molecule has 7 nitrogen and oxygen atoms in total. The Balaban J connectivity index is 1.87. The van der Waals surface area contributed by atoms with Crippen molar-refractivity contribution in [1.29, 1.82) is 5.26 Å². The summed E-state index contributed by atoms with van der Waals surface area (Å²) in [5.41, 5.74) is 7.40. The van der Waals surface area contributed by atoms with Crippen molar-refractivity contribution in [3.05, 3.63) is 81.2 Å². The number of hydrogen-bond acceptors (Lipinski definition) is 6. The van der Waals surface area contributed by atoms with Crippen molar-refractivity contribution in [1.82, 2.24) is 0 Å². The van der Waals surface area contributed by atoms with E-state index in [-0.39, 0.29) is 23.6 Å². The van der Waals surface area contributed by atoms with Crippen molar-refractivity contribution in [3.8, 4) is 6.07 Å². The fourth-order valence-electron chi connectivity index (χ4n) is 4.59. The van der Waals surface area contributed by atoms with E-state index in [1.807, 2.05) is 24.3 Å². The van der Waals surface area contributed by atoms with E-state index in [2.05, 4.69) is 22.0 Å². The number of halogens is 1. The molecule has 30 heavy (non-hydrogen) atoms. The molecular formula is C22H15BrN4O3. The Hall–Kier alpha value is -3.57. The second-order valence-electron chi connectivity index (χ2n) is 7.21. The predicted octanol–water partition coefficient (Wildman–Crippen LogP) is 2.69. The first-order valence-electron chi connectivity index (χ1n) is 9.17. The second kappa shape index (κ2) is 6.21. The van der Waals surface area contributed by atoms with Crippen LogP contribution in [-0.2, 0) is 19.7 Å². The monoisotopic (exact) mass is 462 g/mol. The van der Waals surface area contributed by atoms with Gasteiger partial charge in [0.05, 0.1) is 16.8 Å². The molecule has 5 rings (SSSR count). The van der Waals surface area contributed by atoms with Crippen molar-refractivity contribution < 1.29 is 14.3 Å². The van der Waals surface area contributed by atoms with Gasteiger partial charge in [-0.1, -0.05) is 34.1 Å². The minimum atomic E-state index is -1.61. The third kappa shape index (κ3) is 2.07. The van der Waals surface area contributed by atoms with Gasteiger partial charge in [0.15, 0.2) is 0 Å². The number of benzene rings is 2. The highest BCUT2D eigenvalue weighted by molar-refractivity contribution is 9.10. The van der Waals surface area contributed by atoms with Gasteiger partial charge in [-0.2, -0.15) is 5.26 Å². The number of amides is 1. The lowest BCUT2D eigenvalue weighted by molar-refractivity contribution is -0.137. The lowest BCUT2D eigenvalue weighted by atomic mass is 9.67. The topological polar surface area (TPSA) is 99.7 Å². The lowest BCUT2D eigenvalue weighted by Gasteiger charge is -2.38. The van der Waals surface area contributed by atoms with E-state index < -0.39 is 17.3 Å². The first kappa shape index (κ1) is 18.5. The summed E-state index contributed by atoms with van der Waals surface area (Å²) in [5, 5.41) is 10.2. The Bertz CT molecular complexity index is 1240. The molecule has 2 aromatic rings. The third-order valence-corrected chi connectivity index (χ3v) is 6.37. The van der Waals surface area contributed by atoms with Crippen molar-refractivity contribution in [2.75, 3.05) is 23.5 Å². The number of nitriles is 1. The van der Waals surface area contributed by atoms with Crippen LogP contribution < -0.4 is 15.5 Å². The number of likely N-dealkylation sites (N-methyl/N-ethyl adjacent to an activating group) is 1. The predicted molar refractivity (Wildman–Crippen MR) is 113 cm³/mol. The molecule has 2 N–H and O–H groups in total. The van der Waals surface area contributed by atoms with Gasteiger partial charge in [0.25, 0.3) is 0 Å². The fraction of sp³-hybridized carbons (Fsp3) is 0.136. The van der Waals surface area contributed by atoms with E-state index in [1.165, 1.54) is 4.90 Å². The van der Waals surface area contributed by atoms with Crippen LogP contribution in [0.5, 0.6) is 0 Å². The van der Waals surface area contributed by atoms with Crippen LogP contribution in [0.1, 0.15) is 5.56 Å². The molecule has 3 aliphatic heterocycles. The summed E-state index contributed by atoms with van der Waals surface area (Å²) in [6, 6.07) is 16.6. The summed E-state index contributed by atoms with van der Waals surface area (Å²) in [5.74, 6) is -0.911. The van der Waals surface area contributed by atoms with Crippen LogP contribution in [0.3, 0.4) is 0 Å². The van der Waals surface area contributed by atoms with Gasteiger partial charge in [0.1, 0.15) is 23.9 Å². The molecule has 0 bridgehead atoms. The normalized spacial score (nSPS) is 22.4. The molecule has 0 saturated carbocycles. The van der Waals surface area contributed by atoms with Gasteiger partial charge in [-0.25, -0.2) is 4.79 Å². The molecule has 0 radical (unpaired) electrons. The highest BCUT2D eigenvalue weighted by Gasteiger charge is 2.63. The molecule has 0 aliphatic carbocycles. The van der Waals surface area contributed by atoms with Crippen molar-refractivity contribution in [2.24, 2.45) is 5.73 Å². The molecule has 1 atom stereocenters. The number of ether oxygens (including phenoxy) is 1. The number of esters is 1. The molecule has 1 amide bonds. The van der Waals surface area contributed by atoms with E-state index in [4.69, 9.17) is 10.5 Å². The number of nitrogens with two attached hydrogens (primary N) is 1. The molecule has 1 spiro atoms.